The summed E-state index contributed by atoms with van der Waals surface area (Å²) >= 11 is 0. The van der Waals surface area contributed by atoms with Crippen molar-refractivity contribution in [2.75, 3.05) is 5.32 Å². The number of anilines is 1. The van der Waals surface area contributed by atoms with Crippen LogP contribution >= 0.6 is 0 Å². The molecule has 0 aliphatic carbocycles. The van der Waals surface area contributed by atoms with E-state index in [2.05, 4.69) is 15.1 Å². The maximum Gasteiger partial charge on any atom is 0.329 e. The van der Waals surface area contributed by atoms with Gasteiger partial charge in [-0.15, -0.1) is 0 Å². The fourth-order valence-electron chi connectivity index (χ4n) is 2.47. The van der Waals surface area contributed by atoms with Crippen molar-refractivity contribution >= 4 is 39.4 Å². The normalized spacial score (nSPS) is 11.3. The van der Waals surface area contributed by atoms with Gasteiger partial charge >= 0.3 is 11.8 Å². The van der Waals surface area contributed by atoms with Gasteiger partial charge < -0.3 is 9.73 Å². The lowest BCUT2D eigenvalue weighted by atomic mass is 10.3. The van der Waals surface area contributed by atoms with Crippen LogP contribution in [0.5, 0.6) is 0 Å². The van der Waals surface area contributed by atoms with Gasteiger partial charge in [0.25, 0.3) is 5.69 Å². The third-order valence-electron chi connectivity index (χ3n) is 4.07. The smallest absolute Gasteiger partial charge is 0.329 e. The summed E-state index contributed by atoms with van der Waals surface area (Å²) in [4.78, 5) is 33.8. The summed E-state index contributed by atoms with van der Waals surface area (Å²) in [6.07, 6.45) is 1.13. The largest absolute Gasteiger partial charge is 0.459 e. The Morgan fingerprint density at radius 2 is 1.70 bits per heavy atom. The summed E-state index contributed by atoms with van der Waals surface area (Å²) in [5.41, 5.74) is 2.04. The third-order valence-corrected chi connectivity index (χ3v) is 5.49. The van der Waals surface area contributed by atoms with Crippen molar-refractivity contribution in [1.82, 2.24) is 10.1 Å². The molecular weight excluding hydrogens is 454 g/mol. The van der Waals surface area contributed by atoms with E-state index in [1.807, 2.05) is 5.43 Å². The Morgan fingerprint density at radius 1 is 1.00 bits per heavy atom. The molecule has 0 fully saturated rings. The van der Waals surface area contributed by atoms with Gasteiger partial charge in [0.2, 0.25) is 10.0 Å². The quantitative estimate of drug-likeness (QED) is 0.194. The summed E-state index contributed by atoms with van der Waals surface area (Å²) in [5.74, 6) is -1.60. The van der Waals surface area contributed by atoms with Gasteiger partial charge in [-0.1, -0.05) is 18.2 Å². The van der Waals surface area contributed by atoms with Gasteiger partial charge in [-0.3, -0.25) is 19.7 Å². The molecule has 1 aromatic heterocycles. The van der Waals surface area contributed by atoms with Gasteiger partial charge in [0.1, 0.15) is 11.5 Å². The van der Waals surface area contributed by atoms with Crippen LogP contribution in [0.3, 0.4) is 0 Å². The minimum Gasteiger partial charge on any atom is -0.459 e. The van der Waals surface area contributed by atoms with Crippen LogP contribution in [-0.4, -0.2) is 31.4 Å². The van der Waals surface area contributed by atoms with E-state index in [0.29, 0.717) is 5.76 Å². The number of non-ortho nitro benzene ring substituents is 1. The number of furan rings is 1. The highest BCUT2D eigenvalue weighted by molar-refractivity contribution is 7.89. The molecule has 2 aromatic carbocycles. The molecule has 0 aliphatic heterocycles. The van der Waals surface area contributed by atoms with Gasteiger partial charge in [0.15, 0.2) is 0 Å². The van der Waals surface area contributed by atoms with E-state index in [-0.39, 0.29) is 28.6 Å². The fraction of sp³-hybridized carbons (Fsp3) is 0.0500. The topological polar surface area (TPSA) is 173 Å². The van der Waals surface area contributed by atoms with E-state index < -0.39 is 26.8 Å². The Balaban J connectivity index is 1.49. The van der Waals surface area contributed by atoms with E-state index >= 15 is 0 Å². The van der Waals surface area contributed by atoms with Crippen LogP contribution in [0.2, 0.25) is 0 Å². The number of nitro benzene ring substituents is 1. The number of amides is 2. The fourth-order valence-corrected chi connectivity index (χ4v) is 3.48. The minimum absolute atomic E-state index is 0.102. The van der Waals surface area contributed by atoms with Crippen molar-refractivity contribution in [3.05, 3.63) is 88.4 Å². The molecule has 3 aromatic rings. The van der Waals surface area contributed by atoms with E-state index in [9.17, 15) is 28.1 Å². The second-order valence-corrected chi connectivity index (χ2v) is 8.17. The lowest BCUT2D eigenvalue weighted by molar-refractivity contribution is -0.384. The van der Waals surface area contributed by atoms with E-state index in [1.54, 1.807) is 18.2 Å². The molecule has 0 saturated carbocycles. The lowest BCUT2D eigenvalue weighted by Crippen LogP contribution is -2.32. The highest BCUT2D eigenvalue weighted by Crippen LogP contribution is 2.15. The molecule has 13 heteroatoms. The predicted octanol–water partition coefficient (Wildman–Crippen LogP) is 1.76. The maximum atomic E-state index is 12.2. The zero-order valence-corrected chi connectivity index (χ0v) is 17.6. The van der Waals surface area contributed by atoms with Crippen LogP contribution in [0.25, 0.3) is 0 Å². The van der Waals surface area contributed by atoms with Crippen molar-refractivity contribution in [2.45, 2.75) is 11.4 Å². The molecule has 33 heavy (non-hydrogen) atoms. The molecule has 0 unspecified atom stereocenters. The molecule has 12 nitrogen and oxygen atoms in total. The van der Waals surface area contributed by atoms with Crippen LogP contribution in [0.4, 0.5) is 11.4 Å². The average molecular weight is 471 g/mol. The van der Waals surface area contributed by atoms with Crippen molar-refractivity contribution in [2.24, 2.45) is 5.10 Å². The van der Waals surface area contributed by atoms with Crippen molar-refractivity contribution in [3.63, 3.8) is 0 Å². The Morgan fingerprint density at radius 3 is 2.36 bits per heavy atom. The molecule has 3 rings (SSSR count). The first kappa shape index (κ1) is 23.3. The number of nitrogens with zero attached hydrogens (tertiary/aromatic N) is 2. The average Bonchev–Trinajstić information content (AvgIpc) is 3.26. The minimum atomic E-state index is -3.70. The number of carbonyl (C=O) groups is 2. The van der Waals surface area contributed by atoms with Crippen LogP contribution in [0.15, 0.2) is 81.1 Å². The Labute approximate surface area is 187 Å². The standard InChI is InChI=1S/C20H17N5O7S/c26-19(23-14-6-8-15(9-7-14)25(28)29)20(27)24-21-12-16-10-11-17(32-16)13-22-33(30,31)18-4-2-1-3-5-18/h1-12,22H,13H2,(H,23,26)(H,24,27)/b21-12+. The lowest BCUT2D eigenvalue weighted by Gasteiger charge is -2.04. The molecule has 0 spiro atoms. The third kappa shape index (κ3) is 6.56. The summed E-state index contributed by atoms with van der Waals surface area (Å²) in [5, 5.41) is 16.5. The summed E-state index contributed by atoms with van der Waals surface area (Å²) in [6, 6.07) is 15.8. The first-order valence-corrected chi connectivity index (χ1v) is 10.8. The molecule has 1 heterocycles. The summed E-state index contributed by atoms with van der Waals surface area (Å²) < 4.78 is 32.2. The molecule has 0 bridgehead atoms. The van der Waals surface area contributed by atoms with Crippen molar-refractivity contribution < 1.29 is 27.3 Å². The number of hydrogen-bond acceptors (Lipinski definition) is 8. The van der Waals surface area contributed by atoms with Crippen LogP contribution in [-0.2, 0) is 26.2 Å². The van der Waals surface area contributed by atoms with Gasteiger partial charge in [-0.25, -0.2) is 18.6 Å². The number of sulfonamides is 1. The number of hydrogen-bond donors (Lipinski definition) is 3. The highest BCUT2D eigenvalue weighted by Gasteiger charge is 2.15. The molecule has 0 radical (unpaired) electrons. The summed E-state index contributed by atoms with van der Waals surface area (Å²) in [7, 11) is -3.70. The number of nitrogens with one attached hydrogen (secondary N) is 3. The molecule has 0 atom stereocenters. The number of hydrazone groups is 1. The highest BCUT2D eigenvalue weighted by atomic mass is 32.2. The Hall–Kier alpha value is -4.36. The number of benzene rings is 2. The van der Waals surface area contributed by atoms with Crippen LogP contribution < -0.4 is 15.5 Å². The van der Waals surface area contributed by atoms with E-state index in [4.69, 9.17) is 4.42 Å². The second-order valence-electron chi connectivity index (χ2n) is 6.40. The monoisotopic (exact) mass is 471 g/mol. The SMILES string of the molecule is O=C(N/N=C/c1ccc(CNS(=O)(=O)c2ccccc2)o1)C(=O)Nc1ccc([N+](=O)[O-])cc1. The van der Waals surface area contributed by atoms with Gasteiger partial charge in [0.05, 0.1) is 22.6 Å². The molecule has 3 N–H and O–H groups in total. The first-order valence-electron chi connectivity index (χ1n) is 9.27. The van der Waals surface area contributed by atoms with E-state index in [1.165, 1.54) is 48.5 Å². The number of nitro groups is 1. The van der Waals surface area contributed by atoms with Crippen LogP contribution in [0, 0.1) is 10.1 Å². The summed E-state index contributed by atoms with van der Waals surface area (Å²) in [6.45, 7) is -0.102. The van der Waals surface area contributed by atoms with Gasteiger partial charge in [-0.05, 0) is 36.4 Å². The molecule has 0 aliphatic rings. The van der Waals surface area contributed by atoms with Crippen molar-refractivity contribution in [3.8, 4) is 0 Å². The van der Waals surface area contributed by atoms with Gasteiger partial charge in [-0.2, -0.15) is 5.10 Å². The number of rotatable bonds is 8. The molecular formula is C20H17N5O7S. The first-order chi connectivity index (χ1) is 15.7. The second kappa shape index (κ2) is 10.3. The predicted molar refractivity (Wildman–Crippen MR) is 117 cm³/mol. The number of carbonyl (C=O) groups excluding carboxylic acids is 2. The molecule has 0 saturated heterocycles. The molecule has 170 valence electrons. The van der Waals surface area contributed by atoms with Crippen LogP contribution in [0.1, 0.15) is 11.5 Å². The Kier molecular flexibility index (Phi) is 7.27. The van der Waals surface area contributed by atoms with Gasteiger partial charge in [0, 0.05) is 17.8 Å². The molecule has 2 amide bonds. The Bertz CT molecular complexity index is 1290. The zero-order valence-electron chi connectivity index (χ0n) is 16.8. The van der Waals surface area contributed by atoms with E-state index in [0.717, 1.165) is 6.21 Å². The van der Waals surface area contributed by atoms with Crippen molar-refractivity contribution in [1.29, 1.82) is 0 Å². The maximum absolute atomic E-state index is 12.2. The zero-order chi connectivity index (χ0) is 23.8.